The maximum atomic E-state index is 9.17. The van der Waals surface area contributed by atoms with Gasteiger partial charge < -0.3 is 5.11 Å². The van der Waals surface area contributed by atoms with Gasteiger partial charge in [0.1, 0.15) is 0 Å². The molecule has 2 rings (SSSR count). The van der Waals surface area contributed by atoms with Crippen LogP contribution < -0.4 is 0 Å². The number of aliphatic hydroxyl groups excluding tert-OH is 1. The van der Waals surface area contributed by atoms with Gasteiger partial charge in [-0.15, -0.1) is 0 Å². The van der Waals surface area contributed by atoms with E-state index in [0.717, 1.165) is 12.6 Å². The lowest BCUT2D eigenvalue weighted by Gasteiger charge is -2.32. The Morgan fingerprint density at radius 1 is 1.12 bits per heavy atom. The molecule has 2 fully saturated rings. The molecular weight excluding hydrogens is 200 g/mol. The van der Waals surface area contributed by atoms with Crippen molar-refractivity contribution in [1.82, 2.24) is 9.80 Å². The Balaban J connectivity index is 1.85. The van der Waals surface area contributed by atoms with Gasteiger partial charge in [0.15, 0.2) is 0 Å². The third-order valence-corrected chi connectivity index (χ3v) is 4.20. The number of likely N-dealkylation sites (tertiary alicyclic amines) is 2. The van der Waals surface area contributed by atoms with E-state index in [-0.39, 0.29) is 0 Å². The summed E-state index contributed by atoms with van der Waals surface area (Å²) in [6.45, 7) is 12.0. The van der Waals surface area contributed by atoms with E-state index in [1.165, 1.54) is 32.5 Å². The van der Waals surface area contributed by atoms with E-state index in [1.807, 2.05) is 0 Å². The molecule has 0 radical (unpaired) electrons. The van der Waals surface area contributed by atoms with Gasteiger partial charge in [0, 0.05) is 37.8 Å². The third kappa shape index (κ3) is 2.58. The highest BCUT2D eigenvalue weighted by Crippen LogP contribution is 2.27. The summed E-state index contributed by atoms with van der Waals surface area (Å²) >= 11 is 0. The molecule has 3 nitrogen and oxygen atoms in total. The summed E-state index contributed by atoms with van der Waals surface area (Å²) in [6.07, 6.45) is 2.48. The molecular formula is C13H26N2O. The lowest BCUT2D eigenvalue weighted by molar-refractivity contribution is 0.148. The molecule has 0 aromatic heterocycles. The number of hydrogen-bond donors (Lipinski definition) is 1. The van der Waals surface area contributed by atoms with Crippen LogP contribution in [0.5, 0.6) is 0 Å². The smallest absolute Gasteiger partial charge is 0.0471 e. The fourth-order valence-corrected chi connectivity index (χ4v) is 2.99. The van der Waals surface area contributed by atoms with E-state index in [2.05, 4.69) is 30.6 Å². The number of nitrogens with zero attached hydrogens (tertiary/aromatic N) is 2. The minimum Gasteiger partial charge on any atom is -0.396 e. The quantitative estimate of drug-likeness (QED) is 0.766. The van der Waals surface area contributed by atoms with Crippen LogP contribution in [0.2, 0.25) is 0 Å². The zero-order valence-electron chi connectivity index (χ0n) is 10.9. The van der Waals surface area contributed by atoms with Crippen LogP contribution in [-0.2, 0) is 0 Å². The zero-order chi connectivity index (χ0) is 11.8. The van der Waals surface area contributed by atoms with Crippen molar-refractivity contribution in [1.29, 1.82) is 0 Å². The van der Waals surface area contributed by atoms with Crippen molar-refractivity contribution in [2.45, 2.75) is 45.2 Å². The van der Waals surface area contributed by atoms with Crippen LogP contribution in [0.4, 0.5) is 0 Å². The summed E-state index contributed by atoms with van der Waals surface area (Å²) in [5.41, 5.74) is 0.310. The lowest BCUT2D eigenvalue weighted by Crippen LogP contribution is -2.42. The summed E-state index contributed by atoms with van der Waals surface area (Å²) < 4.78 is 0. The highest BCUT2D eigenvalue weighted by molar-refractivity contribution is 4.91. The molecule has 2 atom stereocenters. The van der Waals surface area contributed by atoms with Crippen molar-refractivity contribution >= 4 is 0 Å². The van der Waals surface area contributed by atoms with Gasteiger partial charge >= 0.3 is 0 Å². The Bertz CT molecular complexity index is 237. The molecule has 2 saturated heterocycles. The van der Waals surface area contributed by atoms with E-state index in [9.17, 15) is 5.11 Å². The second-order valence-corrected chi connectivity index (χ2v) is 6.39. The molecule has 0 amide bonds. The van der Waals surface area contributed by atoms with E-state index < -0.39 is 0 Å². The zero-order valence-corrected chi connectivity index (χ0v) is 10.9. The molecule has 1 N–H and O–H groups in total. The van der Waals surface area contributed by atoms with Gasteiger partial charge in [0.2, 0.25) is 0 Å². The second-order valence-electron chi connectivity index (χ2n) is 6.39. The third-order valence-electron chi connectivity index (χ3n) is 4.20. The van der Waals surface area contributed by atoms with Crippen molar-refractivity contribution in [3.8, 4) is 0 Å². The van der Waals surface area contributed by atoms with Gasteiger partial charge in [0.25, 0.3) is 0 Å². The van der Waals surface area contributed by atoms with Crippen molar-refractivity contribution in [2.75, 3.05) is 32.8 Å². The Kier molecular flexibility index (Phi) is 3.57. The standard InChI is InChI=1S/C13H26N2O/c1-13(2,3)15-7-5-12(9-15)14-6-4-11(8-14)10-16/h11-12,16H,4-10H2,1-3H3. The fraction of sp³-hybridized carbons (Fsp3) is 1.00. The normalized spacial score (nSPS) is 33.8. The Morgan fingerprint density at radius 3 is 2.38 bits per heavy atom. The monoisotopic (exact) mass is 226 g/mol. The van der Waals surface area contributed by atoms with Gasteiger partial charge in [0.05, 0.1) is 0 Å². The van der Waals surface area contributed by atoms with Crippen LogP contribution in [0, 0.1) is 5.92 Å². The van der Waals surface area contributed by atoms with Gasteiger partial charge in [-0.1, -0.05) is 0 Å². The maximum absolute atomic E-state index is 9.17. The molecule has 0 aromatic rings. The van der Waals surface area contributed by atoms with Crippen LogP contribution >= 0.6 is 0 Å². The second kappa shape index (κ2) is 4.63. The molecule has 0 bridgehead atoms. The molecule has 16 heavy (non-hydrogen) atoms. The minimum atomic E-state index is 0.310. The molecule has 2 aliphatic rings. The van der Waals surface area contributed by atoms with E-state index >= 15 is 0 Å². The predicted molar refractivity (Wildman–Crippen MR) is 66.5 cm³/mol. The molecule has 2 heterocycles. The van der Waals surface area contributed by atoms with E-state index in [0.29, 0.717) is 18.1 Å². The van der Waals surface area contributed by atoms with Gasteiger partial charge in [-0.3, -0.25) is 9.80 Å². The first-order chi connectivity index (χ1) is 7.50. The van der Waals surface area contributed by atoms with Gasteiger partial charge in [-0.2, -0.15) is 0 Å². The summed E-state index contributed by atoms with van der Waals surface area (Å²) in [4.78, 5) is 5.18. The van der Waals surface area contributed by atoms with Crippen molar-refractivity contribution in [3.05, 3.63) is 0 Å². The average Bonchev–Trinajstić information content (AvgIpc) is 2.85. The predicted octanol–water partition coefficient (Wildman–Crippen LogP) is 1.17. The first-order valence-electron chi connectivity index (χ1n) is 6.60. The Labute approximate surface area is 99.4 Å². The number of aliphatic hydroxyl groups is 1. The topological polar surface area (TPSA) is 26.7 Å². The minimum absolute atomic E-state index is 0.310. The summed E-state index contributed by atoms with van der Waals surface area (Å²) in [6, 6.07) is 0.732. The highest BCUT2D eigenvalue weighted by atomic mass is 16.3. The number of rotatable bonds is 2. The largest absolute Gasteiger partial charge is 0.396 e. The molecule has 3 heteroatoms. The highest BCUT2D eigenvalue weighted by Gasteiger charge is 2.35. The average molecular weight is 226 g/mol. The number of hydrogen-bond acceptors (Lipinski definition) is 3. The molecule has 2 aliphatic heterocycles. The SMILES string of the molecule is CC(C)(C)N1CCC(N2CCC(CO)C2)C1. The van der Waals surface area contributed by atoms with Crippen molar-refractivity contribution in [3.63, 3.8) is 0 Å². The van der Waals surface area contributed by atoms with Crippen molar-refractivity contribution in [2.24, 2.45) is 5.92 Å². The summed E-state index contributed by atoms with van der Waals surface area (Å²) in [5.74, 6) is 0.531. The van der Waals surface area contributed by atoms with Crippen molar-refractivity contribution < 1.29 is 5.11 Å². The van der Waals surface area contributed by atoms with Crippen LogP contribution in [0.15, 0.2) is 0 Å². The Morgan fingerprint density at radius 2 is 1.88 bits per heavy atom. The van der Waals surface area contributed by atoms with Gasteiger partial charge in [-0.25, -0.2) is 0 Å². The van der Waals surface area contributed by atoms with E-state index in [1.54, 1.807) is 0 Å². The molecule has 0 spiro atoms. The summed E-state index contributed by atoms with van der Waals surface area (Å²) in [5, 5.41) is 9.17. The lowest BCUT2D eigenvalue weighted by atomic mass is 10.1. The Hall–Kier alpha value is -0.120. The van der Waals surface area contributed by atoms with Crippen LogP contribution in [-0.4, -0.2) is 59.3 Å². The first-order valence-corrected chi connectivity index (χ1v) is 6.60. The van der Waals surface area contributed by atoms with Crippen LogP contribution in [0.3, 0.4) is 0 Å². The van der Waals surface area contributed by atoms with Crippen LogP contribution in [0.1, 0.15) is 33.6 Å². The maximum Gasteiger partial charge on any atom is 0.0471 e. The van der Waals surface area contributed by atoms with Crippen LogP contribution in [0.25, 0.3) is 0 Å². The molecule has 0 saturated carbocycles. The fourth-order valence-electron chi connectivity index (χ4n) is 2.99. The molecule has 94 valence electrons. The van der Waals surface area contributed by atoms with Gasteiger partial charge in [-0.05, 0) is 46.1 Å². The molecule has 0 aliphatic carbocycles. The molecule has 0 aromatic carbocycles. The molecule has 2 unspecified atom stereocenters. The first kappa shape index (κ1) is 12.3. The van der Waals surface area contributed by atoms with E-state index in [4.69, 9.17) is 0 Å². The summed E-state index contributed by atoms with van der Waals surface area (Å²) in [7, 11) is 0.